The minimum Gasteiger partial charge on any atom is -0.495 e. The van der Waals surface area contributed by atoms with Gasteiger partial charge in [-0.15, -0.1) is 0 Å². The largest absolute Gasteiger partial charge is 0.495 e. The number of ether oxygens (including phenoxy) is 2. The number of hydrogen-bond donors (Lipinski definition) is 1. The zero-order valence-electron chi connectivity index (χ0n) is 12.6. The van der Waals surface area contributed by atoms with Crippen LogP contribution in [0.15, 0.2) is 18.2 Å². The molecule has 1 amide bonds. The van der Waals surface area contributed by atoms with Crippen LogP contribution in [0.4, 0.5) is 5.69 Å². The van der Waals surface area contributed by atoms with Crippen LogP contribution in [-0.2, 0) is 9.53 Å². The van der Waals surface area contributed by atoms with Gasteiger partial charge in [0.2, 0.25) is 5.91 Å². The fourth-order valence-corrected chi connectivity index (χ4v) is 2.55. The standard InChI is InChI=1S/C15H21ClN2O3/c1-10-9-18(6-7-21-10)11(2)15(19)17-13-8-12(16)4-5-14(13)20-3/h4-5,8,10-11H,6-7,9H2,1-3H3,(H,17,19)/t10-,11+/m1/s1. The minimum atomic E-state index is -0.236. The molecule has 1 aromatic rings. The summed E-state index contributed by atoms with van der Waals surface area (Å²) in [6, 6.07) is 4.91. The van der Waals surface area contributed by atoms with Gasteiger partial charge < -0.3 is 14.8 Å². The fourth-order valence-electron chi connectivity index (χ4n) is 2.38. The zero-order chi connectivity index (χ0) is 15.4. The summed E-state index contributed by atoms with van der Waals surface area (Å²) in [4.78, 5) is 14.5. The first kappa shape index (κ1) is 16.1. The van der Waals surface area contributed by atoms with E-state index < -0.39 is 0 Å². The topological polar surface area (TPSA) is 50.8 Å². The molecule has 116 valence electrons. The van der Waals surface area contributed by atoms with Crippen LogP contribution in [0.5, 0.6) is 5.75 Å². The molecule has 6 heteroatoms. The SMILES string of the molecule is COc1ccc(Cl)cc1NC(=O)[C@H](C)N1CCO[C@H](C)C1. The van der Waals surface area contributed by atoms with Crippen molar-refractivity contribution in [3.05, 3.63) is 23.2 Å². The highest BCUT2D eigenvalue weighted by Gasteiger charge is 2.26. The van der Waals surface area contributed by atoms with E-state index in [1.165, 1.54) is 0 Å². The van der Waals surface area contributed by atoms with E-state index >= 15 is 0 Å². The molecular formula is C15H21ClN2O3. The van der Waals surface area contributed by atoms with Crippen LogP contribution in [-0.4, -0.2) is 49.8 Å². The molecule has 0 radical (unpaired) electrons. The monoisotopic (exact) mass is 312 g/mol. The van der Waals surface area contributed by atoms with Crippen molar-refractivity contribution in [3.63, 3.8) is 0 Å². The van der Waals surface area contributed by atoms with Gasteiger partial charge in [0, 0.05) is 18.1 Å². The van der Waals surface area contributed by atoms with Gasteiger partial charge in [-0.1, -0.05) is 11.6 Å². The predicted octanol–water partition coefficient (Wildman–Crippen LogP) is 2.40. The summed E-state index contributed by atoms with van der Waals surface area (Å²) >= 11 is 5.97. The highest BCUT2D eigenvalue weighted by atomic mass is 35.5. The van der Waals surface area contributed by atoms with Gasteiger partial charge in [0.25, 0.3) is 0 Å². The normalized spacial score (nSPS) is 20.9. The number of amides is 1. The van der Waals surface area contributed by atoms with Crippen LogP contribution in [0.3, 0.4) is 0 Å². The number of methoxy groups -OCH3 is 1. The Morgan fingerprint density at radius 2 is 2.33 bits per heavy atom. The minimum absolute atomic E-state index is 0.0790. The van der Waals surface area contributed by atoms with Gasteiger partial charge in [-0.3, -0.25) is 9.69 Å². The number of rotatable bonds is 4. The molecular weight excluding hydrogens is 292 g/mol. The fraction of sp³-hybridized carbons (Fsp3) is 0.533. The molecule has 1 aliphatic heterocycles. The molecule has 2 rings (SSSR count). The number of anilines is 1. The van der Waals surface area contributed by atoms with Crippen molar-refractivity contribution in [1.82, 2.24) is 4.90 Å². The van der Waals surface area contributed by atoms with E-state index in [9.17, 15) is 4.79 Å². The van der Waals surface area contributed by atoms with E-state index in [0.29, 0.717) is 23.1 Å². The molecule has 0 aliphatic carbocycles. The Morgan fingerprint density at radius 3 is 3.00 bits per heavy atom. The number of morpholine rings is 1. The number of nitrogens with zero attached hydrogens (tertiary/aromatic N) is 1. The van der Waals surface area contributed by atoms with E-state index in [4.69, 9.17) is 21.1 Å². The molecule has 0 saturated carbocycles. The molecule has 1 fully saturated rings. The van der Waals surface area contributed by atoms with Crippen molar-refractivity contribution in [1.29, 1.82) is 0 Å². The van der Waals surface area contributed by atoms with Gasteiger partial charge in [0.15, 0.2) is 0 Å². The summed E-state index contributed by atoms with van der Waals surface area (Å²) in [5, 5.41) is 3.44. The molecule has 0 unspecified atom stereocenters. The molecule has 1 N–H and O–H groups in total. The molecule has 1 aromatic carbocycles. The maximum atomic E-state index is 12.4. The zero-order valence-corrected chi connectivity index (χ0v) is 13.3. The number of benzene rings is 1. The average Bonchev–Trinajstić information content (AvgIpc) is 2.46. The van der Waals surface area contributed by atoms with Crippen LogP contribution >= 0.6 is 11.6 Å². The van der Waals surface area contributed by atoms with Crippen LogP contribution in [0.1, 0.15) is 13.8 Å². The Balaban J connectivity index is 2.05. The summed E-state index contributed by atoms with van der Waals surface area (Å²) in [6.07, 6.45) is 0.148. The lowest BCUT2D eigenvalue weighted by atomic mass is 10.2. The number of nitrogens with one attached hydrogen (secondary N) is 1. The van der Waals surface area contributed by atoms with Gasteiger partial charge in [-0.05, 0) is 32.0 Å². The number of hydrogen-bond acceptors (Lipinski definition) is 4. The molecule has 5 nitrogen and oxygen atoms in total. The average molecular weight is 313 g/mol. The number of halogens is 1. The Kier molecular flexibility index (Phi) is 5.45. The van der Waals surface area contributed by atoms with Gasteiger partial charge in [0.05, 0.1) is 31.5 Å². The summed E-state index contributed by atoms with van der Waals surface area (Å²) < 4.78 is 10.7. The smallest absolute Gasteiger partial charge is 0.241 e. The third kappa shape index (κ3) is 4.09. The quantitative estimate of drug-likeness (QED) is 0.927. The van der Waals surface area contributed by atoms with Crippen molar-refractivity contribution in [2.75, 3.05) is 32.1 Å². The molecule has 1 saturated heterocycles. The van der Waals surface area contributed by atoms with Gasteiger partial charge in [-0.2, -0.15) is 0 Å². The number of carbonyl (C=O) groups excluding carboxylic acids is 1. The molecule has 1 heterocycles. The first-order valence-corrected chi connectivity index (χ1v) is 7.39. The molecule has 0 bridgehead atoms. The first-order chi connectivity index (χ1) is 10.0. The highest BCUT2D eigenvalue weighted by Crippen LogP contribution is 2.28. The second-order valence-electron chi connectivity index (χ2n) is 5.19. The van der Waals surface area contributed by atoms with Crippen molar-refractivity contribution < 1.29 is 14.3 Å². The van der Waals surface area contributed by atoms with Crippen molar-refractivity contribution >= 4 is 23.2 Å². The van der Waals surface area contributed by atoms with E-state index in [0.717, 1.165) is 13.1 Å². The summed E-state index contributed by atoms with van der Waals surface area (Å²) in [6.45, 7) is 6.06. The predicted molar refractivity (Wildman–Crippen MR) is 83.1 cm³/mol. The lowest BCUT2D eigenvalue weighted by Crippen LogP contribution is -2.50. The maximum absolute atomic E-state index is 12.4. The molecule has 1 aliphatic rings. The van der Waals surface area contributed by atoms with Crippen molar-refractivity contribution in [2.45, 2.75) is 26.0 Å². The van der Waals surface area contributed by atoms with Crippen molar-refractivity contribution in [2.24, 2.45) is 0 Å². The van der Waals surface area contributed by atoms with Gasteiger partial charge >= 0.3 is 0 Å². The highest BCUT2D eigenvalue weighted by molar-refractivity contribution is 6.31. The van der Waals surface area contributed by atoms with E-state index in [-0.39, 0.29) is 18.1 Å². The first-order valence-electron chi connectivity index (χ1n) is 7.01. The van der Waals surface area contributed by atoms with E-state index in [1.807, 2.05) is 13.8 Å². The van der Waals surface area contributed by atoms with Crippen LogP contribution in [0.2, 0.25) is 5.02 Å². The third-order valence-corrected chi connectivity index (χ3v) is 3.85. The Bertz CT molecular complexity index is 510. The summed E-state index contributed by atoms with van der Waals surface area (Å²) in [5.41, 5.74) is 0.586. The molecule has 21 heavy (non-hydrogen) atoms. The maximum Gasteiger partial charge on any atom is 0.241 e. The lowest BCUT2D eigenvalue weighted by molar-refractivity contribution is -0.123. The summed E-state index contributed by atoms with van der Waals surface area (Å²) in [7, 11) is 1.56. The van der Waals surface area contributed by atoms with Crippen LogP contribution < -0.4 is 10.1 Å². The Hall–Kier alpha value is -1.30. The van der Waals surface area contributed by atoms with Crippen LogP contribution in [0, 0.1) is 0 Å². The van der Waals surface area contributed by atoms with Gasteiger partial charge in [0.1, 0.15) is 5.75 Å². The number of carbonyl (C=O) groups is 1. The lowest BCUT2D eigenvalue weighted by Gasteiger charge is -2.34. The molecule has 0 spiro atoms. The summed E-state index contributed by atoms with van der Waals surface area (Å²) in [5.74, 6) is 0.514. The van der Waals surface area contributed by atoms with Gasteiger partial charge in [-0.25, -0.2) is 0 Å². The molecule has 2 atom stereocenters. The Morgan fingerprint density at radius 1 is 1.57 bits per heavy atom. The molecule has 0 aromatic heterocycles. The Labute approximate surface area is 130 Å². The second-order valence-corrected chi connectivity index (χ2v) is 5.62. The second kappa shape index (κ2) is 7.11. The van der Waals surface area contributed by atoms with Crippen LogP contribution in [0.25, 0.3) is 0 Å². The van der Waals surface area contributed by atoms with Crippen molar-refractivity contribution in [3.8, 4) is 5.75 Å². The third-order valence-electron chi connectivity index (χ3n) is 3.62. The van der Waals surface area contributed by atoms with E-state index in [2.05, 4.69) is 10.2 Å². The van der Waals surface area contributed by atoms with E-state index in [1.54, 1.807) is 25.3 Å².